The van der Waals surface area contributed by atoms with Crippen molar-refractivity contribution in [3.8, 4) is 0 Å². The number of benzene rings is 2. The van der Waals surface area contributed by atoms with Gasteiger partial charge in [-0.05, 0) is 62.9 Å². The summed E-state index contributed by atoms with van der Waals surface area (Å²) in [7, 11) is 0. The third-order valence-electron chi connectivity index (χ3n) is 6.64. The molecule has 0 spiro atoms. The van der Waals surface area contributed by atoms with Gasteiger partial charge in [0.05, 0.1) is 33.6 Å². The Labute approximate surface area is 246 Å². The van der Waals surface area contributed by atoms with E-state index in [9.17, 15) is 27.5 Å². The maximum atomic E-state index is 13.9. The van der Waals surface area contributed by atoms with Crippen LogP contribution in [0.3, 0.4) is 0 Å². The van der Waals surface area contributed by atoms with Crippen LogP contribution in [-0.4, -0.2) is 42.9 Å². The van der Waals surface area contributed by atoms with E-state index in [-0.39, 0.29) is 5.02 Å². The number of hydrogen-bond donors (Lipinski definition) is 5. The number of aromatic amines is 1. The van der Waals surface area contributed by atoms with Crippen LogP contribution in [0.4, 0.5) is 23.5 Å². The minimum absolute atomic E-state index is 0.00102. The third kappa shape index (κ3) is 7.88. The lowest BCUT2D eigenvalue weighted by molar-refractivity contribution is -0.192. The number of para-hydroxylation sites is 1. The number of anilines is 1. The Kier molecular flexibility index (Phi) is 9.73. The molecule has 15 heteroatoms. The normalized spacial score (nSPS) is 13.2. The van der Waals surface area contributed by atoms with Gasteiger partial charge in [0.2, 0.25) is 5.95 Å². The van der Waals surface area contributed by atoms with Crippen molar-refractivity contribution in [2.45, 2.75) is 51.9 Å². The van der Waals surface area contributed by atoms with Crippen LogP contribution in [0.2, 0.25) is 5.02 Å². The summed E-state index contributed by atoms with van der Waals surface area (Å²) in [6, 6.07) is 10.4. The van der Waals surface area contributed by atoms with Crippen LogP contribution in [0, 0.1) is 16.6 Å². The van der Waals surface area contributed by atoms with Crippen molar-refractivity contribution in [3.05, 3.63) is 74.7 Å². The molecule has 4 aromatic rings. The number of alkyl halides is 3. The van der Waals surface area contributed by atoms with Crippen molar-refractivity contribution in [1.29, 1.82) is 5.41 Å². The van der Waals surface area contributed by atoms with Gasteiger partial charge in [0.15, 0.2) is 4.80 Å². The van der Waals surface area contributed by atoms with E-state index in [0.717, 1.165) is 22.2 Å². The number of carboxylic acid groups (broad SMARTS) is 2. The van der Waals surface area contributed by atoms with Gasteiger partial charge >= 0.3 is 18.1 Å². The van der Waals surface area contributed by atoms with Gasteiger partial charge < -0.3 is 25.1 Å². The van der Waals surface area contributed by atoms with E-state index in [1.54, 1.807) is 26.0 Å². The highest BCUT2D eigenvalue weighted by Gasteiger charge is 2.38. The van der Waals surface area contributed by atoms with Gasteiger partial charge in [-0.2, -0.15) is 13.2 Å². The molecule has 5 N–H and O–H groups in total. The van der Waals surface area contributed by atoms with Crippen molar-refractivity contribution < 1.29 is 37.4 Å². The number of carbonyl (C=O) groups is 2. The van der Waals surface area contributed by atoms with Crippen LogP contribution in [0.25, 0.3) is 11.0 Å². The molecule has 2 aromatic heterocycles. The molecule has 0 aliphatic rings. The molecule has 42 heavy (non-hydrogen) atoms. The van der Waals surface area contributed by atoms with Crippen molar-refractivity contribution in [1.82, 2.24) is 14.5 Å². The Balaban J connectivity index is 0.000000616. The summed E-state index contributed by atoms with van der Waals surface area (Å²) in [6.07, 6.45) is -2.41. The molecule has 1 unspecified atom stereocenters. The molecule has 0 fully saturated rings. The van der Waals surface area contributed by atoms with Crippen LogP contribution in [-0.2, 0) is 21.7 Å². The molecule has 2 aromatic carbocycles. The maximum Gasteiger partial charge on any atom is 0.490 e. The van der Waals surface area contributed by atoms with E-state index in [1.807, 2.05) is 41.3 Å². The number of fused-ring (bicyclic) bond motifs is 1. The highest BCUT2D eigenvalue weighted by molar-refractivity contribution is 7.06. The van der Waals surface area contributed by atoms with E-state index in [1.165, 1.54) is 17.4 Å². The topological polar surface area (TPSA) is 144 Å². The van der Waals surface area contributed by atoms with Crippen molar-refractivity contribution in [3.63, 3.8) is 0 Å². The molecule has 1 atom stereocenters. The van der Waals surface area contributed by atoms with Crippen molar-refractivity contribution >= 4 is 51.9 Å². The number of H-pyrrole nitrogens is 1. The lowest BCUT2D eigenvalue weighted by Gasteiger charge is -2.34. The first kappa shape index (κ1) is 32.6. The van der Waals surface area contributed by atoms with Crippen molar-refractivity contribution in [2.75, 3.05) is 5.32 Å². The molecule has 0 bridgehead atoms. The Hall–Kier alpha value is -3.91. The molecule has 226 valence electrons. The molecule has 0 amide bonds. The molecule has 0 aliphatic heterocycles. The van der Waals surface area contributed by atoms with Gasteiger partial charge in [-0.15, -0.1) is 11.3 Å². The van der Waals surface area contributed by atoms with Gasteiger partial charge in [0, 0.05) is 11.6 Å². The SMILES string of the molecule is CC(C)(CCC(C)(Nc1nc2c(Cn3ccsc3=N)cccc2[nH]1)c1ccc(F)c(Cl)c1)C(=O)O.O=C(O)C(F)(F)F. The predicted molar refractivity (Wildman–Crippen MR) is 150 cm³/mol. The molecule has 0 saturated carbocycles. The van der Waals surface area contributed by atoms with Gasteiger partial charge in [0.25, 0.3) is 0 Å². The Morgan fingerprint density at radius 3 is 2.33 bits per heavy atom. The van der Waals surface area contributed by atoms with E-state index in [0.29, 0.717) is 30.1 Å². The third-order valence-corrected chi connectivity index (χ3v) is 7.65. The first-order valence-electron chi connectivity index (χ1n) is 12.4. The molecular formula is C27H28ClF4N5O4S. The smallest absolute Gasteiger partial charge is 0.481 e. The largest absolute Gasteiger partial charge is 0.490 e. The lowest BCUT2D eigenvalue weighted by Crippen LogP contribution is -2.35. The summed E-state index contributed by atoms with van der Waals surface area (Å²) in [5.74, 6) is -3.65. The van der Waals surface area contributed by atoms with Crippen LogP contribution < -0.4 is 10.1 Å². The van der Waals surface area contributed by atoms with Gasteiger partial charge in [-0.1, -0.05) is 29.8 Å². The predicted octanol–water partition coefficient (Wildman–Crippen LogP) is 6.60. The van der Waals surface area contributed by atoms with Crippen LogP contribution in [0.5, 0.6) is 0 Å². The molecule has 2 heterocycles. The zero-order valence-corrected chi connectivity index (χ0v) is 24.2. The summed E-state index contributed by atoms with van der Waals surface area (Å²) in [6.45, 7) is 5.81. The second kappa shape index (κ2) is 12.5. The number of aliphatic carboxylic acids is 2. The summed E-state index contributed by atoms with van der Waals surface area (Å²) in [5, 5.41) is 30.1. The van der Waals surface area contributed by atoms with E-state index < -0.39 is 34.9 Å². The molecule has 0 radical (unpaired) electrons. The molecule has 0 aliphatic carbocycles. The molecule has 9 nitrogen and oxygen atoms in total. The average molecular weight is 630 g/mol. The van der Waals surface area contributed by atoms with E-state index >= 15 is 0 Å². The fourth-order valence-electron chi connectivity index (χ4n) is 3.94. The number of imidazole rings is 1. The zero-order chi connectivity index (χ0) is 31.5. The van der Waals surface area contributed by atoms with Gasteiger partial charge in [-0.3, -0.25) is 10.2 Å². The molecule has 0 saturated heterocycles. The Morgan fingerprint density at radius 2 is 1.79 bits per heavy atom. The fraction of sp³-hybridized carbons (Fsp3) is 0.333. The monoisotopic (exact) mass is 629 g/mol. The zero-order valence-electron chi connectivity index (χ0n) is 22.6. The second-order valence-corrected chi connectivity index (χ2v) is 11.6. The number of rotatable bonds is 9. The quantitative estimate of drug-likeness (QED) is 0.132. The number of thiazole rings is 1. The fourth-order valence-corrected chi connectivity index (χ4v) is 4.72. The summed E-state index contributed by atoms with van der Waals surface area (Å²) < 4.78 is 47.5. The Morgan fingerprint density at radius 1 is 1.12 bits per heavy atom. The number of nitrogens with one attached hydrogen (secondary N) is 3. The van der Waals surface area contributed by atoms with E-state index in [4.69, 9.17) is 31.9 Å². The number of halogens is 5. The Bertz CT molecular complexity index is 1650. The average Bonchev–Trinajstić information content (AvgIpc) is 3.50. The molecule has 4 rings (SSSR count). The minimum Gasteiger partial charge on any atom is -0.481 e. The standard InChI is InChI=1S/C25H27ClFN5O2S.C2HF3O2/c1-24(2,21(33)34)9-10-25(3,16-7-8-18(27)17(26)13-16)31-23-29-19-6-4-5-15(20(19)30-23)14-32-11-12-35-22(32)28;3-2(4,5)1(6)7/h4-8,11-13,28H,9-10,14H2,1-3H3,(H,33,34)(H2,29,30,31);(H,6,7). The van der Waals surface area contributed by atoms with Crippen molar-refractivity contribution in [2.24, 2.45) is 5.41 Å². The summed E-state index contributed by atoms with van der Waals surface area (Å²) >= 11 is 7.45. The van der Waals surface area contributed by atoms with Crippen LogP contribution in [0.15, 0.2) is 48.0 Å². The summed E-state index contributed by atoms with van der Waals surface area (Å²) in [4.78, 5) is 29.2. The highest BCUT2D eigenvalue weighted by atomic mass is 35.5. The van der Waals surface area contributed by atoms with Gasteiger partial charge in [0.1, 0.15) is 5.82 Å². The summed E-state index contributed by atoms with van der Waals surface area (Å²) in [5.41, 5.74) is 1.56. The minimum atomic E-state index is -5.08. The first-order valence-corrected chi connectivity index (χ1v) is 13.6. The number of aromatic nitrogens is 3. The van der Waals surface area contributed by atoms with Gasteiger partial charge in [-0.25, -0.2) is 14.2 Å². The number of nitrogens with zero attached hydrogens (tertiary/aromatic N) is 2. The van der Waals surface area contributed by atoms with E-state index in [2.05, 4.69) is 10.3 Å². The molecular weight excluding hydrogens is 602 g/mol. The number of hydrogen-bond acceptors (Lipinski definition) is 6. The van der Waals surface area contributed by atoms with Crippen LogP contribution >= 0.6 is 22.9 Å². The second-order valence-electron chi connectivity index (χ2n) is 10.3. The van der Waals surface area contributed by atoms with Crippen LogP contribution in [0.1, 0.15) is 44.7 Å². The maximum absolute atomic E-state index is 13.9. The lowest BCUT2D eigenvalue weighted by atomic mass is 9.79. The number of carboxylic acids is 2. The first-order chi connectivity index (χ1) is 19.4. The highest BCUT2D eigenvalue weighted by Crippen LogP contribution is 2.37.